The molecular formula is C14H18N4O5S. The lowest BCUT2D eigenvalue weighted by atomic mass is 10.2. The van der Waals surface area contributed by atoms with E-state index in [-0.39, 0.29) is 28.7 Å². The number of amides is 1. The number of aryl methyl sites for hydroxylation is 3. The first-order valence-corrected chi connectivity index (χ1v) is 8.93. The summed E-state index contributed by atoms with van der Waals surface area (Å²) in [4.78, 5) is 12.5. The fourth-order valence-electron chi connectivity index (χ4n) is 2.88. The monoisotopic (exact) mass is 354 g/mol. The van der Waals surface area contributed by atoms with E-state index in [1.54, 1.807) is 19.9 Å². The van der Waals surface area contributed by atoms with Crippen molar-refractivity contribution in [3.63, 3.8) is 0 Å². The van der Waals surface area contributed by atoms with Gasteiger partial charge in [0, 0.05) is 12.6 Å². The van der Waals surface area contributed by atoms with Crippen LogP contribution in [-0.2, 0) is 14.8 Å². The molecule has 2 aromatic heterocycles. The highest BCUT2D eigenvalue weighted by Gasteiger charge is 2.42. The molecule has 10 heteroatoms. The summed E-state index contributed by atoms with van der Waals surface area (Å²) in [6.45, 7) is 5.07. The van der Waals surface area contributed by atoms with Gasteiger partial charge in [-0.25, -0.2) is 8.42 Å². The van der Waals surface area contributed by atoms with Gasteiger partial charge < -0.3 is 14.4 Å². The van der Waals surface area contributed by atoms with Gasteiger partial charge >= 0.3 is 0 Å². The molecule has 1 unspecified atom stereocenters. The van der Waals surface area contributed by atoms with Crippen LogP contribution < -0.4 is 5.32 Å². The van der Waals surface area contributed by atoms with Gasteiger partial charge in [-0.15, -0.1) is 0 Å². The molecule has 0 aromatic carbocycles. The van der Waals surface area contributed by atoms with Crippen LogP contribution in [0.25, 0.3) is 0 Å². The van der Waals surface area contributed by atoms with Crippen molar-refractivity contribution >= 4 is 21.7 Å². The zero-order chi connectivity index (χ0) is 17.5. The topological polar surface area (TPSA) is 119 Å². The largest absolute Gasteiger partial charge is 0.360 e. The Balaban J connectivity index is 1.86. The van der Waals surface area contributed by atoms with Crippen LogP contribution in [0.1, 0.15) is 30.1 Å². The summed E-state index contributed by atoms with van der Waals surface area (Å²) in [5.74, 6) is 0.595. The minimum atomic E-state index is -3.87. The van der Waals surface area contributed by atoms with Gasteiger partial charge in [-0.2, -0.15) is 4.31 Å². The minimum absolute atomic E-state index is 0.0273. The van der Waals surface area contributed by atoms with E-state index in [9.17, 15) is 13.2 Å². The van der Waals surface area contributed by atoms with Crippen molar-refractivity contribution in [2.24, 2.45) is 0 Å². The first-order valence-electron chi connectivity index (χ1n) is 7.49. The number of hydrogen-bond acceptors (Lipinski definition) is 7. The molecule has 9 nitrogen and oxygen atoms in total. The number of carbonyl (C=O) groups excluding carboxylic acids is 1. The van der Waals surface area contributed by atoms with Crippen molar-refractivity contribution in [2.45, 2.75) is 44.6 Å². The smallest absolute Gasteiger partial charge is 0.249 e. The number of sulfonamides is 1. The van der Waals surface area contributed by atoms with E-state index in [0.29, 0.717) is 18.6 Å². The van der Waals surface area contributed by atoms with E-state index in [2.05, 4.69) is 15.6 Å². The molecule has 0 bridgehead atoms. The number of anilines is 1. The molecule has 130 valence electrons. The third-order valence-corrected chi connectivity index (χ3v) is 6.07. The molecule has 1 atom stereocenters. The van der Waals surface area contributed by atoms with E-state index in [1.807, 2.05) is 0 Å². The van der Waals surface area contributed by atoms with Crippen molar-refractivity contribution in [1.82, 2.24) is 14.6 Å². The lowest BCUT2D eigenvalue weighted by Crippen LogP contribution is -2.43. The van der Waals surface area contributed by atoms with Crippen molar-refractivity contribution < 1.29 is 22.3 Å². The molecule has 1 N–H and O–H groups in total. The number of aromatic nitrogens is 2. The van der Waals surface area contributed by atoms with Crippen molar-refractivity contribution in [3.05, 3.63) is 23.3 Å². The predicted octanol–water partition coefficient (Wildman–Crippen LogP) is 1.38. The summed E-state index contributed by atoms with van der Waals surface area (Å²) in [6, 6.07) is 0.765. The number of rotatable bonds is 4. The maximum absolute atomic E-state index is 12.9. The van der Waals surface area contributed by atoms with E-state index in [1.165, 1.54) is 11.2 Å². The van der Waals surface area contributed by atoms with Crippen LogP contribution in [0.5, 0.6) is 0 Å². The average Bonchev–Trinajstić information content (AvgIpc) is 3.20. The van der Waals surface area contributed by atoms with Crippen LogP contribution in [0.15, 0.2) is 20.0 Å². The molecule has 1 aliphatic heterocycles. The quantitative estimate of drug-likeness (QED) is 0.881. The first-order chi connectivity index (χ1) is 11.3. The molecule has 3 heterocycles. The third kappa shape index (κ3) is 2.82. The average molecular weight is 354 g/mol. The van der Waals surface area contributed by atoms with Crippen molar-refractivity contribution in [2.75, 3.05) is 11.9 Å². The van der Waals surface area contributed by atoms with Gasteiger partial charge in [0.2, 0.25) is 15.9 Å². The highest BCUT2D eigenvalue weighted by molar-refractivity contribution is 7.89. The number of hydrogen-bond donors (Lipinski definition) is 1. The van der Waals surface area contributed by atoms with Crippen LogP contribution in [0.4, 0.5) is 5.82 Å². The molecule has 3 rings (SSSR count). The number of nitrogens with zero attached hydrogens (tertiary/aromatic N) is 3. The lowest BCUT2D eigenvalue weighted by molar-refractivity contribution is -0.119. The van der Waals surface area contributed by atoms with Crippen LogP contribution in [0, 0.1) is 20.8 Å². The maximum atomic E-state index is 12.9. The Morgan fingerprint density at radius 2 is 2.04 bits per heavy atom. The third-order valence-electron chi connectivity index (χ3n) is 3.92. The Morgan fingerprint density at radius 1 is 1.29 bits per heavy atom. The normalized spacial score (nSPS) is 18.9. The van der Waals surface area contributed by atoms with Crippen LogP contribution in [0.2, 0.25) is 0 Å². The van der Waals surface area contributed by atoms with Crippen molar-refractivity contribution in [1.29, 1.82) is 0 Å². The van der Waals surface area contributed by atoms with E-state index < -0.39 is 22.0 Å². The molecule has 0 spiro atoms. The maximum Gasteiger partial charge on any atom is 0.249 e. The van der Waals surface area contributed by atoms with E-state index in [0.717, 1.165) is 0 Å². The summed E-state index contributed by atoms with van der Waals surface area (Å²) in [6.07, 6.45) is 1.03. The highest BCUT2D eigenvalue weighted by Crippen LogP contribution is 2.30. The van der Waals surface area contributed by atoms with Crippen LogP contribution in [0.3, 0.4) is 0 Å². The predicted molar refractivity (Wildman–Crippen MR) is 82.8 cm³/mol. The molecule has 1 aliphatic rings. The van der Waals surface area contributed by atoms with Gasteiger partial charge in [0.1, 0.15) is 22.4 Å². The molecule has 24 heavy (non-hydrogen) atoms. The molecule has 1 fully saturated rings. The summed E-state index contributed by atoms with van der Waals surface area (Å²) in [7, 11) is -3.87. The Morgan fingerprint density at radius 3 is 2.62 bits per heavy atom. The minimum Gasteiger partial charge on any atom is -0.360 e. The second kappa shape index (κ2) is 6.02. The molecule has 0 aliphatic carbocycles. The Hall–Kier alpha value is -2.20. The van der Waals surface area contributed by atoms with Gasteiger partial charge in [-0.05, 0) is 33.6 Å². The fourth-order valence-corrected chi connectivity index (χ4v) is 4.84. The Labute approximate surface area is 139 Å². The van der Waals surface area contributed by atoms with Gasteiger partial charge in [0.15, 0.2) is 11.6 Å². The first kappa shape index (κ1) is 16.7. The highest BCUT2D eigenvalue weighted by atomic mass is 32.2. The second-order valence-electron chi connectivity index (χ2n) is 5.74. The Bertz CT molecular complexity index is 850. The fraction of sp³-hybridized carbons (Fsp3) is 0.500. The van der Waals surface area contributed by atoms with Gasteiger partial charge in [-0.3, -0.25) is 4.79 Å². The van der Waals surface area contributed by atoms with Crippen molar-refractivity contribution in [3.8, 4) is 0 Å². The summed E-state index contributed by atoms with van der Waals surface area (Å²) < 4.78 is 36.9. The van der Waals surface area contributed by atoms with Gasteiger partial charge in [0.05, 0.1) is 0 Å². The summed E-state index contributed by atoms with van der Waals surface area (Å²) in [5.41, 5.74) is 0.283. The molecular weight excluding hydrogens is 336 g/mol. The molecule has 0 radical (unpaired) electrons. The second-order valence-corrected chi connectivity index (χ2v) is 7.57. The molecule has 0 saturated carbocycles. The molecule has 1 saturated heterocycles. The van der Waals surface area contributed by atoms with Gasteiger partial charge in [-0.1, -0.05) is 10.3 Å². The lowest BCUT2D eigenvalue weighted by Gasteiger charge is -2.22. The number of carbonyl (C=O) groups is 1. The van der Waals surface area contributed by atoms with E-state index >= 15 is 0 Å². The van der Waals surface area contributed by atoms with E-state index in [4.69, 9.17) is 9.05 Å². The van der Waals surface area contributed by atoms with Gasteiger partial charge in [0.25, 0.3) is 0 Å². The number of nitrogens with one attached hydrogen (secondary N) is 1. The summed E-state index contributed by atoms with van der Waals surface area (Å²) in [5, 5.41) is 9.98. The Kier molecular flexibility index (Phi) is 4.18. The zero-order valence-electron chi connectivity index (χ0n) is 13.6. The van der Waals surface area contributed by atoms with Crippen LogP contribution in [-0.4, -0.2) is 41.5 Å². The summed E-state index contributed by atoms with van der Waals surface area (Å²) >= 11 is 0. The SMILES string of the molecule is Cc1cc(NC(=O)C2CCCN2S(=O)(=O)c2c(C)noc2C)no1. The molecule has 2 aromatic rings. The zero-order valence-corrected chi connectivity index (χ0v) is 14.4. The van der Waals surface area contributed by atoms with Crippen LogP contribution >= 0.6 is 0 Å². The molecule has 1 amide bonds. The standard InChI is InChI=1S/C14H18N4O5S/c1-8-7-12(17-22-8)15-14(19)11-5-4-6-18(11)24(20,21)13-9(2)16-23-10(13)3/h7,11H,4-6H2,1-3H3,(H,15,17,19).